The van der Waals surface area contributed by atoms with Gasteiger partial charge in [0.2, 0.25) is 0 Å². The smallest absolute Gasteiger partial charge is 0.414 e. The van der Waals surface area contributed by atoms with Crippen molar-refractivity contribution in [2.24, 2.45) is 5.92 Å². The number of hydrogen-bond acceptors (Lipinski definition) is 12. The Bertz CT molecular complexity index is 2150. The molecular weight excluding hydrogens is 649 g/mol. The zero-order valence-electron chi connectivity index (χ0n) is 26.9. The molecule has 1 saturated heterocycles. The molecule has 5 aromatic heterocycles. The number of anilines is 1. The Kier molecular flexibility index (Phi) is 8.00. The number of ether oxygens (including phenoxy) is 2. The van der Waals surface area contributed by atoms with Crippen molar-refractivity contribution in [3.8, 4) is 28.0 Å². The van der Waals surface area contributed by atoms with E-state index in [1.165, 1.54) is 24.0 Å². The summed E-state index contributed by atoms with van der Waals surface area (Å²) in [5.74, 6) is 0.906. The zero-order chi connectivity index (χ0) is 33.0. The van der Waals surface area contributed by atoms with Crippen LogP contribution in [-0.2, 0) is 27.4 Å². The largest absolute Gasteiger partial charge is 0.452 e. The molecule has 0 unspecified atom stereocenters. The van der Waals surface area contributed by atoms with Gasteiger partial charge in [-0.25, -0.2) is 13.4 Å². The van der Waals surface area contributed by atoms with Crippen LogP contribution < -0.4 is 10.1 Å². The first-order valence-electron chi connectivity index (χ1n) is 16.3. The van der Waals surface area contributed by atoms with Gasteiger partial charge in [0.25, 0.3) is 5.89 Å². The number of pyridine rings is 3. The first kappa shape index (κ1) is 31.1. The highest BCUT2D eigenvalue weighted by Gasteiger charge is 2.42. The maximum atomic E-state index is 14.1. The molecule has 13 heteroatoms. The molecule has 0 saturated carbocycles. The summed E-state index contributed by atoms with van der Waals surface area (Å²) in [6.07, 6.45) is 8.87. The van der Waals surface area contributed by atoms with Gasteiger partial charge in [-0.15, -0.1) is 16.4 Å². The average Bonchev–Trinajstić information content (AvgIpc) is 3.89. The second kappa shape index (κ2) is 12.4. The van der Waals surface area contributed by atoms with Crippen molar-refractivity contribution in [3.63, 3.8) is 0 Å². The van der Waals surface area contributed by atoms with Gasteiger partial charge in [-0.3, -0.25) is 9.97 Å². The summed E-state index contributed by atoms with van der Waals surface area (Å²) in [5.41, 5.74) is 5.39. The number of thiophene rings is 1. The number of nitrogens with one attached hydrogen (secondary N) is 1. The molecule has 0 bridgehead atoms. The number of sulfone groups is 1. The van der Waals surface area contributed by atoms with Crippen molar-refractivity contribution in [2.75, 3.05) is 31.4 Å². The highest BCUT2D eigenvalue weighted by molar-refractivity contribution is 7.92. The van der Waals surface area contributed by atoms with Crippen LogP contribution in [0.1, 0.15) is 67.2 Å². The van der Waals surface area contributed by atoms with Gasteiger partial charge in [0.1, 0.15) is 5.82 Å². The molecular formula is C35H36N6O5S2. The lowest BCUT2D eigenvalue weighted by Crippen LogP contribution is -2.17. The van der Waals surface area contributed by atoms with Crippen molar-refractivity contribution in [2.45, 2.75) is 62.3 Å². The quantitative estimate of drug-likeness (QED) is 0.165. The van der Waals surface area contributed by atoms with Gasteiger partial charge in [0, 0.05) is 47.7 Å². The highest BCUT2D eigenvalue weighted by atomic mass is 32.2. The molecule has 1 fully saturated rings. The van der Waals surface area contributed by atoms with E-state index in [4.69, 9.17) is 23.9 Å². The van der Waals surface area contributed by atoms with Crippen molar-refractivity contribution < 1.29 is 22.3 Å². The molecule has 0 spiro atoms. The van der Waals surface area contributed by atoms with E-state index in [1.54, 1.807) is 6.20 Å². The molecule has 11 nitrogen and oxygen atoms in total. The molecule has 3 aliphatic rings. The lowest BCUT2D eigenvalue weighted by molar-refractivity contribution is 0.0639. The number of aryl methyl sites for hydroxylation is 2. The minimum absolute atomic E-state index is 0.00661. The van der Waals surface area contributed by atoms with Crippen molar-refractivity contribution in [3.05, 3.63) is 71.5 Å². The Morgan fingerprint density at radius 1 is 1.12 bits per heavy atom. The molecule has 0 aromatic carbocycles. The summed E-state index contributed by atoms with van der Waals surface area (Å²) < 4.78 is 46.1. The van der Waals surface area contributed by atoms with E-state index in [2.05, 4.69) is 33.1 Å². The third kappa shape index (κ3) is 5.47. The molecule has 0 radical (unpaired) electrons. The fourth-order valence-corrected chi connectivity index (χ4v) is 10.6. The summed E-state index contributed by atoms with van der Waals surface area (Å²) >= 11 is 1.50. The molecule has 7 heterocycles. The van der Waals surface area contributed by atoms with Crippen LogP contribution >= 0.6 is 11.3 Å². The molecule has 1 aliphatic carbocycles. The first-order valence-corrected chi connectivity index (χ1v) is 18.8. The number of hydrogen-bond donors (Lipinski definition) is 1. The molecule has 5 aromatic rings. The van der Waals surface area contributed by atoms with Gasteiger partial charge in [0.15, 0.2) is 9.84 Å². The van der Waals surface area contributed by atoms with Crippen molar-refractivity contribution in [1.29, 1.82) is 0 Å². The van der Waals surface area contributed by atoms with Crippen molar-refractivity contribution in [1.82, 2.24) is 25.1 Å². The van der Waals surface area contributed by atoms with Gasteiger partial charge in [-0.1, -0.05) is 23.3 Å². The molecule has 2 atom stereocenters. The normalized spacial score (nSPS) is 20.1. The van der Waals surface area contributed by atoms with E-state index in [0.717, 1.165) is 83.1 Å². The van der Waals surface area contributed by atoms with Gasteiger partial charge >= 0.3 is 6.08 Å². The van der Waals surface area contributed by atoms with Gasteiger partial charge in [0.05, 0.1) is 45.5 Å². The van der Waals surface area contributed by atoms with Crippen LogP contribution in [0.3, 0.4) is 0 Å². The Labute approximate surface area is 282 Å². The van der Waals surface area contributed by atoms with Gasteiger partial charge in [-0.2, -0.15) is 0 Å². The minimum Gasteiger partial charge on any atom is -0.452 e. The van der Waals surface area contributed by atoms with Gasteiger partial charge in [-0.05, 0) is 80.5 Å². The van der Waals surface area contributed by atoms with E-state index >= 15 is 0 Å². The van der Waals surface area contributed by atoms with E-state index < -0.39 is 15.8 Å². The van der Waals surface area contributed by atoms with Crippen LogP contribution in [0.2, 0.25) is 0 Å². The number of nitrogens with zero attached hydrogens (tertiary/aromatic N) is 5. The Morgan fingerprint density at radius 3 is 2.77 bits per heavy atom. The lowest BCUT2D eigenvalue weighted by atomic mass is 9.90. The summed E-state index contributed by atoms with van der Waals surface area (Å²) in [7, 11) is -2.29. The third-order valence-electron chi connectivity index (χ3n) is 9.76. The average molecular weight is 685 g/mol. The SMILES string of the molecule is C=C(C)[C@@H]1CS(=O)(=O)c2c1nc(CCC1CCOCC1)c(-c1nnc(OC)o1)c2-c1cc2ccnc(N[C@H]3CCc4ncccc43)c2s1. The van der Waals surface area contributed by atoms with Crippen LogP contribution in [0.4, 0.5) is 5.82 Å². The van der Waals surface area contributed by atoms with E-state index in [9.17, 15) is 8.42 Å². The van der Waals surface area contributed by atoms with Crippen molar-refractivity contribution >= 4 is 37.1 Å². The Hall–Kier alpha value is -4.20. The molecule has 8 rings (SSSR count). The third-order valence-corrected chi connectivity index (χ3v) is 12.7. The van der Waals surface area contributed by atoms with Crippen LogP contribution in [0, 0.1) is 5.92 Å². The van der Waals surface area contributed by atoms with Crippen LogP contribution in [0.5, 0.6) is 6.08 Å². The predicted molar refractivity (Wildman–Crippen MR) is 183 cm³/mol. The number of allylic oxidation sites excluding steroid dienone is 1. The van der Waals surface area contributed by atoms with E-state index in [1.807, 2.05) is 31.3 Å². The minimum atomic E-state index is -3.75. The predicted octanol–water partition coefficient (Wildman–Crippen LogP) is 6.72. The molecule has 1 N–H and O–H groups in total. The van der Waals surface area contributed by atoms with Gasteiger partial charge < -0.3 is 19.2 Å². The first-order chi connectivity index (χ1) is 23.3. The summed E-state index contributed by atoms with van der Waals surface area (Å²) in [6.45, 7) is 7.52. The maximum Gasteiger partial charge on any atom is 0.414 e. The topological polar surface area (TPSA) is 142 Å². The van der Waals surface area contributed by atoms with E-state index in [-0.39, 0.29) is 28.7 Å². The summed E-state index contributed by atoms with van der Waals surface area (Å²) in [6, 6.07) is 8.15. The fourth-order valence-electron chi connectivity index (χ4n) is 7.28. The number of methoxy groups -OCH3 is 1. The zero-order valence-corrected chi connectivity index (χ0v) is 28.5. The Balaban J connectivity index is 1.32. The standard InChI is InChI=1S/C35H36N6O5S2/c1-19(2)23-18-48(42,43)32-29(27-17-21-10-14-37-33(31(21)47-27)39-25-9-8-24-22(25)5-4-13-36-24)28(34-40-41-35(44-3)46-34)26(38-30(23)32)7-6-20-11-15-45-16-12-20/h4-5,10,13-14,17,20,23,25H,1,6-9,11-12,15-16,18H2,2-3H3,(H,37,39)/t23-,25-/m0/s1. The fraction of sp³-hybridized carbons (Fsp3) is 0.400. The Morgan fingerprint density at radius 2 is 1.98 bits per heavy atom. The monoisotopic (exact) mass is 684 g/mol. The van der Waals surface area contributed by atoms with Crippen LogP contribution in [-0.4, -0.2) is 59.6 Å². The molecule has 248 valence electrons. The number of aromatic nitrogens is 5. The second-order valence-electron chi connectivity index (χ2n) is 12.8. The summed E-state index contributed by atoms with van der Waals surface area (Å²) in [4.78, 5) is 15.4. The molecule has 0 amide bonds. The number of fused-ring (bicyclic) bond motifs is 3. The lowest BCUT2D eigenvalue weighted by Gasteiger charge is -2.23. The van der Waals surface area contributed by atoms with Crippen LogP contribution in [0.15, 0.2) is 58.1 Å². The van der Waals surface area contributed by atoms with Crippen LogP contribution in [0.25, 0.3) is 32.0 Å². The van der Waals surface area contributed by atoms with E-state index in [0.29, 0.717) is 29.2 Å². The molecule has 2 aliphatic heterocycles. The number of rotatable bonds is 9. The highest BCUT2D eigenvalue weighted by Crippen LogP contribution is 2.51. The molecule has 48 heavy (non-hydrogen) atoms. The second-order valence-corrected chi connectivity index (χ2v) is 15.9. The maximum absolute atomic E-state index is 14.1. The summed E-state index contributed by atoms with van der Waals surface area (Å²) in [5, 5.41) is 13.0.